The molecule has 0 atom stereocenters. The van der Waals surface area contributed by atoms with Crippen LogP contribution in [0.1, 0.15) is 30.7 Å². The normalized spacial score (nSPS) is 11.7. The number of halogens is 1. The molecule has 0 bridgehead atoms. The van der Waals surface area contributed by atoms with E-state index in [0.717, 1.165) is 22.6 Å². The van der Waals surface area contributed by atoms with Gasteiger partial charge >= 0.3 is 0 Å². The molecule has 20 heavy (non-hydrogen) atoms. The van der Waals surface area contributed by atoms with Crippen molar-refractivity contribution < 1.29 is 9.84 Å². The average molecular weight is 339 g/mol. The number of aliphatic hydroxyl groups is 1. The lowest BCUT2D eigenvalue weighted by molar-refractivity contribution is 0.0770. The predicted octanol–water partition coefficient (Wildman–Crippen LogP) is 3.24. The van der Waals surface area contributed by atoms with Crippen molar-refractivity contribution in [1.29, 1.82) is 0 Å². The number of nitrogens with zero attached hydrogens (tertiary/aromatic N) is 2. The van der Waals surface area contributed by atoms with Gasteiger partial charge in [0.25, 0.3) is 0 Å². The third-order valence-electron chi connectivity index (χ3n) is 3.27. The Labute approximate surface area is 127 Å². The highest BCUT2D eigenvalue weighted by molar-refractivity contribution is 9.10. The number of hydrogen-bond donors (Lipinski definition) is 1. The topological polar surface area (TPSA) is 47.3 Å². The molecule has 0 saturated heterocycles. The van der Waals surface area contributed by atoms with Gasteiger partial charge in [-0.2, -0.15) is 5.10 Å². The van der Waals surface area contributed by atoms with Crippen molar-refractivity contribution >= 4 is 15.9 Å². The summed E-state index contributed by atoms with van der Waals surface area (Å²) in [6, 6.07) is 7.88. The summed E-state index contributed by atoms with van der Waals surface area (Å²) in [4.78, 5) is 0. The molecule has 2 aromatic rings. The highest BCUT2D eigenvalue weighted by Crippen LogP contribution is 2.30. The Bertz CT molecular complexity index is 598. The fraction of sp³-hybridized carbons (Fsp3) is 0.400. The summed E-state index contributed by atoms with van der Waals surface area (Å²) in [6.07, 6.45) is 0. The highest BCUT2D eigenvalue weighted by Gasteiger charge is 2.26. The van der Waals surface area contributed by atoms with Crippen LogP contribution in [0.5, 0.6) is 5.75 Å². The van der Waals surface area contributed by atoms with Gasteiger partial charge in [-0.15, -0.1) is 0 Å². The van der Waals surface area contributed by atoms with Crippen molar-refractivity contribution in [1.82, 2.24) is 9.78 Å². The first-order valence-corrected chi connectivity index (χ1v) is 7.21. The Morgan fingerprint density at radius 3 is 2.35 bits per heavy atom. The molecular formula is C15H19BrN2O2. The number of aromatic nitrogens is 2. The quantitative estimate of drug-likeness (QED) is 0.930. The van der Waals surface area contributed by atoms with Crippen molar-refractivity contribution in [2.24, 2.45) is 0 Å². The Morgan fingerprint density at radius 1 is 1.30 bits per heavy atom. The zero-order valence-corrected chi connectivity index (χ0v) is 13.7. The van der Waals surface area contributed by atoms with E-state index in [1.54, 1.807) is 21.0 Å². The van der Waals surface area contributed by atoms with Gasteiger partial charge < -0.3 is 9.84 Å². The molecule has 0 aliphatic heterocycles. The fourth-order valence-corrected chi connectivity index (χ4v) is 3.23. The maximum Gasteiger partial charge on any atom is 0.134 e. The molecule has 0 spiro atoms. The first-order valence-electron chi connectivity index (χ1n) is 6.41. The molecule has 5 heteroatoms. The van der Waals surface area contributed by atoms with Gasteiger partial charge in [0.15, 0.2) is 0 Å². The number of rotatable bonds is 4. The predicted molar refractivity (Wildman–Crippen MR) is 82.0 cm³/mol. The van der Waals surface area contributed by atoms with E-state index in [1.807, 2.05) is 35.9 Å². The minimum absolute atomic E-state index is 0.657. The van der Waals surface area contributed by atoms with Gasteiger partial charge in [0.1, 0.15) is 10.4 Å². The van der Waals surface area contributed by atoms with Gasteiger partial charge in [-0.3, -0.25) is 4.68 Å². The molecule has 0 fully saturated rings. The first kappa shape index (κ1) is 15.1. The zero-order chi connectivity index (χ0) is 14.9. The summed E-state index contributed by atoms with van der Waals surface area (Å²) in [5, 5.41) is 14.7. The van der Waals surface area contributed by atoms with Crippen LogP contribution in [-0.2, 0) is 12.1 Å². The Balaban J connectivity index is 2.30. The third kappa shape index (κ3) is 3.04. The molecule has 1 N–H and O–H groups in total. The molecular weight excluding hydrogens is 320 g/mol. The average Bonchev–Trinajstić information content (AvgIpc) is 2.64. The second kappa shape index (κ2) is 5.58. The smallest absolute Gasteiger partial charge is 0.134 e. The van der Waals surface area contributed by atoms with E-state index < -0.39 is 5.60 Å². The van der Waals surface area contributed by atoms with Crippen LogP contribution in [0.3, 0.4) is 0 Å². The minimum Gasteiger partial charge on any atom is -0.497 e. The van der Waals surface area contributed by atoms with Gasteiger partial charge in [0.05, 0.1) is 19.3 Å². The summed E-state index contributed by atoms with van der Waals surface area (Å²) < 4.78 is 7.73. The van der Waals surface area contributed by atoms with Crippen molar-refractivity contribution in [3.63, 3.8) is 0 Å². The molecule has 4 nitrogen and oxygen atoms in total. The van der Waals surface area contributed by atoms with E-state index in [0.29, 0.717) is 11.1 Å². The molecule has 0 unspecified atom stereocenters. The molecule has 0 radical (unpaired) electrons. The van der Waals surface area contributed by atoms with E-state index in [1.165, 1.54) is 0 Å². The van der Waals surface area contributed by atoms with Crippen molar-refractivity contribution in [2.75, 3.05) is 7.11 Å². The van der Waals surface area contributed by atoms with E-state index in [2.05, 4.69) is 21.0 Å². The second-order valence-electron chi connectivity index (χ2n) is 5.32. The third-order valence-corrected chi connectivity index (χ3v) is 3.82. The maximum atomic E-state index is 10.2. The van der Waals surface area contributed by atoms with Crippen molar-refractivity contribution in [2.45, 2.75) is 32.9 Å². The van der Waals surface area contributed by atoms with Crippen LogP contribution in [0, 0.1) is 6.92 Å². The van der Waals surface area contributed by atoms with E-state index in [-0.39, 0.29) is 0 Å². The van der Waals surface area contributed by atoms with Crippen LogP contribution in [0.4, 0.5) is 0 Å². The molecule has 2 rings (SSSR count). The SMILES string of the molecule is COc1ccc(Cn2nc(Br)c(C(C)(C)O)c2C)cc1. The summed E-state index contributed by atoms with van der Waals surface area (Å²) in [5.41, 5.74) is 2.00. The van der Waals surface area contributed by atoms with Gasteiger partial charge in [-0.25, -0.2) is 0 Å². The number of benzene rings is 1. The van der Waals surface area contributed by atoms with Crippen LogP contribution in [0.2, 0.25) is 0 Å². The summed E-state index contributed by atoms with van der Waals surface area (Å²) >= 11 is 3.43. The first-order chi connectivity index (χ1) is 9.32. The van der Waals surface area contributed by atoms with Gasteiger partial charge in [0, 0.05) is 11.3 Å². The van der Waals surface area contributed by atoms with Crippen molar-refractivity contribution in [3.05, 3.63) is 45.7 Å². The lowest BCUT2D eigenvalue weighted by Crippen LogP contribution is -2.17. The summed E-state index contributed by atoms with van der Waals surface area (Å²) in [5.74, 6) is 0.837. The van der Waals surface area contributed by atoms with Crippen LogP contribution in [0.15, 0.2) is 28.9 Å². The van der Waals surface area contributed by atoms with Gasteiger partial charge in [-0.05, 0) is 54.4 Å². The van der Waals surface area contributed by atoms with Crippen LogP contribution in [0.25, 0.3) is 0 Å². The maximum absolute atomic E-state index is 10.2. The monoisotopic (exact) mass is 338 g/mol. The van der Waals surface area contributed by atoms with Crippen LogP contribution >= 0.6 is 15.9 Å². The van der Waals surface area contributed by atoms with E-state index in [9.17, 15) is 5.11 Å². The Kier molecular flexibility index (Phi) is 4.20. The number of hydrogen-bond acceptors (Lipinski definition) is 3. The number of methoxy groups -OCH3 is 1. The lowest BCUT2D eigenvalue weighted by Gasteiger charge is -2.17. The Morgan fingerprint density at radius 2 is 1.90 bits per heavy atom. The lowest BCUT2D eigenvalue weighted by atomic mass is 9.99. The molecule has 0 aliphatic carbocycles. The van der Waals surface area contributed by atoms with E-state index >= 15 is 0 Å². The molecule has 1 heterocycles. The van der Waals surface area contributed by atoms with E-state index in [4.69, 9.17) is 4.74 Å². The second-order valence-corrected chi connectivity index (χ2v) is 6.07. The van der Waals surface area contributed by atoms with Crippen LogP contribution < -0.4 is 4.74 Å². The molecule has 108 valence electrons. The standard InChI is InChI=1S/C15H19BrN2O2/c1-10-13(15(2,3)19)14(16)17-18(10)9-11-5-7-12(20-4)8-6-11/h5-8,19H,9H2,1-4H3. The van der Waals surface area contributed by atoms with Gasteiger partial charge in [-0.1, -0.05) is 12.1 Å². The molecule has 1 aromatic carbocycles. The number of ether oxygens (including phenoxy) is 1. The molecule has 0 aliphatic rings. The van der Waals surface area contributed by atoms with Crippen LogP contribution in [-0.4, -0.2) is 22.0 Å². The summed E-state index contributed by atoms with van der Waals surface area (Å²) in [6.45, 7) is 6.15. The minimum atomic E-state index is -0.916. The molecule has 1 aromatic heterocycles. The fourth-order valence-electron chi connectivity index (χ4n) is 2.26. The van der Waals surface area contributed by atoms with Gasteiger partial charge in [0.2, 0.25) is 0 Å². The Hall–Kier alpha value is -1.33. The largest absolute Gasteiger partial charge is 0.497 e. The highest BCUT2D eigenvalue weighted by atomic mass is 79.9. The molecule has 0 saturated carbocycles. The van der Waals surface area contributed by atoms with Crippen molar-refractivity contribution in [3.8, 4) is 5.75 Å². The zero-order valence-electron chi connectivity index (χ0n) is 12.1. The summed E-state index contributed by atoms with van der Waals surface area (Å²) in [7, 11) is 1.65. The molecule has 0 amide bonds.